The second kappa shape index (κ2) is 10.7. The molecule has 2 heterocycles. The molecular weight excluding hydrogens is 378 g/mol. The van der Waals surface area contributed by atoms with E-state index in [9.17, 15) is 9.59 Å². The Labute approximate surface area is 178 Å². The number of hydrogen-bond donors (Lipinski definition) is 2. The Hall–Kier alpha value is -2.93. The minimum atomic E-state index is -0.539. The summed E-state index contributed by atoms with van der Waals surface area (Å²) in [6, 6.07) is 14.8. The Balaban J connectivity index is 1.48. The van der Waals surface area contributed by atoms with Gasteiger partial charge in [-0.05, 0) is 23.6 Å². The lowest BCUT2D eigenvalue weighted by Gasteiger charge is -2.37. The molecule has 3 amide bonds. The smallest absolute Gasteiger partial charge is 0.315 e. The average molecular weight is 410 g/mol. The fourth-order valence-corrected chi connectivity index (χ4v) is 3.53. The Morgan fingerprint density at radius 1 is 1.00 bits per heavy atom. The van der Waals surface area contributed by atoms with Crippen LogP contribution in [0.25, 0.3) is 0 Å². The largest absolute Gasteiger partial charge is 0.338 e. The van der Waals surface area contributed by atoms with Gasteiger partial charge in [0.25, 0.3) is 0 Å². The molecule has 1 atom stereocenters. The van der Waals surface area contributed by atoms with Gasteiger partial charge in [-0.1, -0.05) is 50.2 Å². The predicted octanol–water partition coefficient (Wildman–Crippen LogP) is 2.25. The lowest BCUT2D eigenvalue weighted by Crippen LogP contribution is -2.57. The first-order valence-corrected chi connectivity index (χ1v) is 10.5. The van der Waals surface area contributed by atoms with Gasteiger partial charge in [-0.15, -0.1) is 0 Å². The molecule has 30 heavy (non-hydrogen) atoms. The molecule has 1 aliphatic heterocycles. The molecule has 0 spiro atoms. The van der Waals surface area contributed by atoms with Crippen LogP contribution in [0.4, 0.5) is 4.79 Å². The number of carbonyl (C=O) groups excluding carboxylic acids is 2. The Morgan fingerprint density at radius 2 is 1.70 bits per heavy atom. The van der Waals surface area contributed by atoms with Crippen molar-refractivity contribution in [2.24, 2.45) is 5.92 Å². The molecule has 1 aliphatic rings. The molecule has 3 rings (SSSR count). The SMILES string of the molecule is CC(C)C(NC(=O)NCc1ccccc1)C(=O)N1CCN(Cc2ccccn2)CC1. The first kappa shape index (κ1) is 21.8. The highest BCUT2D eigenvalue weighted by Crippen LogP contribution is 2.11. The predicted molar refractivity (Wildman–Crippen MR) is 117 cm³/mol. The number of urea groups is 1. The van der Waals surface area contributed by atoms with Crippen molar-refractivity contribution in [1.29, 1.82) is 0 Å². The minimum Gasteiger partial charge on any atom is -0.338 e. The number of amides is 3. The molecule has 0 aliphatic carbocycles. The zero-order chi connectivity index (χ0) is 21.3. The summed E-state index contributed by atoms with van der Waals surface area (Å²) in [5, 5.41) is 5.71. The number of piperazine rings is 1. The maximum absolute atomic E-state index is 13.1. The number of carbonyl (C=O) groups is 2. The number of hydrogen-bond acceptors (Lipinski definition) is 4. The van der Waals surface area contributed by atoms with Crippen molar-refractivity contribution in [1.82, 2.24) is 25.4 Å². The lowest BCUT2D eigenvalue weighted by atomic mass is 10.0. The van der Waals surface area contributed by atoms with Gasteiger partial charge in [0.1, 0.15) is 6.04 Å². The van der Waals surface area contributed by atoms with Crippen molar-refractivity contribution in [2.45, 2.75) is 33.0 Å². The van der Waals surface area contributed by atoms with Crippen molar-refractivity contribution >= 4 is 11.9 Å². The molecule has 0 radical (unpaired) electrons. The minimum absolute atomic E-state index is 0.00604. The molecule has 7 nitrogen and oxygen atoms in total. The Kier molecular flexibility index (Phi) is 7.79. The van der Waals surface area contributed by atoms with Crippen molar-refractivity contribution in [3.05, 3.63) is 66.0 Å². The molecule has 2 aromatic rings. The lowest BCUT2D eigenvalue weighted by molar-refractivity contribution is -0.136. The molecule has 1 aromatic carbocycles. The highest BCUT2D eigenvalue weighted by atomic mass is 16.2. The molecule has 1 saturated heterocycles. The molecule has 160 valence electrons. The molecular formula is C23H31N5O2. The van der Waals surface area contributed by atoms with Crippen molar-refractivity contribution < 1.29 is 9.59 Å². The highest BCUT2D eigenvalue weighted by Gasteiger charge is 2.30. The van der Waals surface area contributed by atoms with Gasteiger partial charge in [-0.2, -0.15) is 0 Å². The van der Waals surface area contributed by atoms with Gasteiger partial charge in [0.05, 0.1) is 5.69 Å². The summed E-state index contributed by atoms with van der Waals surface area (Å²) >= 11 is 0. The second-order valence-electron chi connectivity index (χ2n) is 7.96. The van der Waals surface area contributed by atoms with Crippen LogP contribution < -0.4 is 10.6 Å². The zero-order valence-corrected chi connectivity index (χ0v) is 17.8. The van der Waals surface area contributed by atoms with Crippen LogP contribution in [0, 0.1) is 5.92 Å². The number of nitrogens with one attached hydrogen (secondary N) is 2. The number of nitrogens with zero attached hydrogens (tertiary/aromatic N) is 3. The topological polar surface area (TPSA) is 77.6 Å². The number of aromatic nitrogens is 1. The van der Waals surface area contributed by atoms with Crippen molar-refractivity contribution in [3.8, 4) is 0 Å². The zero-order valence-electron chi connectivity index (χ0n) is 17.8. The van der Waals surface area contributed by atoms with Crippen molar-refractivity contribution in [3.63, 3.8) is 0 Å². The molecule has 1 unspecified atom stereocenters. The van der Waals surface area contributed by atoms with E-state index in [2.05, 4.69) is 20.5 Å². The maximum atomic E-state index is 13.1. The van der Waals surface area contributed by atoms with Gasteiger partial charge in [0.2, 0.25) is 5.91 Å². The summed E-state index contributed by atoms with van der Waals surface area (Å²) in [4.78, 5) is 34.0. The van der Waals surface area contributed by atoms with E-state index in [4.69, 9.17) is 0 Å². The van der Waals surface area contributed by atoms with Gasteiger partial charge < -0.3 is 15.5 Å². The maximum Gasteiger partial charge on any atom is 0.315 e. The van der Waals surface area contributed by atoms with E-state index in [-0.39, 0.29) is 17.9 Å². The molecule has 7 heteroatoms. The summed E-state index contributed by atoms with van der Waals surface area (Å²) in [7, 11) is 0. The monoisotopic (exact) mass is 409 g/mol. The van der Waals surface area contributed by atoms with Crippen LogP contribution in [-0.4, -0.2) is 58.9 Å². The third kappa shape index (κ3) is 6.29. The Morgan fingerprint density at radius 3 is 2.33 bits per heavy atom. The van der Waals surface area contributed by atoms with E-state index in [0.717, 1.165) is 30.9 Å². The summed E-state index contributed by atoms with van der Waals surface area (Å²) in [6.07, 6.45) is 1.80. The van der Waals surface area contributed by atoms with E-state index in [1.807, 2.05) is 67.3 Å². The van der Waals surface area contributed by atoms with Crippen LogP contribution in [0.2, 0.25) is 0 Å². The summed E-state index contributed by atoms with van der Waals surface area (Å²) in [6.45, 7) is 8.04. The first-order chi connectivity index (χ1) is 14.5. The van der Waals surface area contributed by atoms with Crippen LogP contribution in [0.1, 0.15) is 25.1 Å². The standard InChI is InChI=1S/C23H31N5O2/c1-18(2)21(26-23(30)25-16-19-8-4-3-5-9-19)22(29)28-14-12-27(13-15-28)17-20-10-6-7-11-24-20/h3-11,18,21H,12-17H2,1-2H3,(H2,25,26,30). The molecule has 1 aromatic heterocycles. The third-order valence-electron chi connectivity index (χ3n) is 5.31. The summed E-state index contributed by atoms with van der Waals surface area (Å²) in [5.74, 6) is -0.0103. The number of pyridine rings is 1. The normalized spacial score (nSPS) is 15.6. The fraction of sp³-hybridized carbons (Fsp3) is 0.435. The van der Waals surface area contributed by atoms with Crippen LogP contribution >= 0.6 is 0 Å². The quantitative estimate of drug-likeness (QED) is 0.735. The number of rotatable bonds is 7. The second-order valence-corrected chi connectivity index (χ2v) is 7.96. The van der Waals surface area contributed by atoms with Crippen LogP contribution in [0.15, 0.2) is 54.7 Å². The van der Waals surface area contributed by atoms with E-state index < -0.39 is 6.04 Å². The Bertz CT molecular complexity index is 805. The summed E-state index contributed by atoms with van der Waals surface area (Å²) < 4.78 is 0. The van der Waals surface area contributed by atoms with E-state index in [0.29, 0.717) is 19.6 Å². The van der Waals surface area contributed by atoms with Crippen LogP contribution in [-0.2, 0) is 17.9 Å². The molecule has 0 bridgehead atoms. The van der Waals surface area contributed by atoms with Crippen LogP contribution in [0.3, 0.4) is 0 Å². The number of benzene rings is 1. The van der Waals surface area contributed by atoms with E-state index >= 15 is 0 Å². The van der Waals surface area contributed by atoms with Gasteiger partial charge >= 0.3 is 6.03 Å². The van der Waals surface area contributed by atoms with Gasteiger partial charge in [-0.3, -0.25) is 14.7 Å². The van der Waals surface area contributed by atoms with Crippen molar-refractivity contribution in [2.75, 3.05) is 26.2 Å². The van der Waals surface area contributed by atoms with Gasteiger partial charge in [0.15, 0.2) is 0 Å². The molecule has 1 fully saturated rings. The fourth-order valence-electron chi connectivity index (χ4n) is 3.53. The highest BCUT2D eigenvalue weighted by molar-refractivity contribution is 5.87. The van der Waals surface area contributed by atoms with Gasteiger partial charge in [0, 0.05) is 45.5 Å². The molecule has 2 N–H and O–H groups in total. The van der Waals surface area contributed by atoms with E-state index in [1.165, 1.54) is 0 Å². The first-order valence-electron chi connectivity index (χ1n) is 10.5. The molecule has 0 saturated carbocycles. The van der Waals surface area contributed by atoms with Gasteiger partial charge in [-0.25, -0.2) is 4.79 Å². The third-order valence-corrected chi connectivity index (χ3v) is 5.31. The average Bonchev–Trinajstić information content (AvgIpc) is 2.77. The van der Waals surface area contributed by atoms with Crippen LogP contribution in [0.5, 0.6) is 0 Å². The summed E-state index contributed by atoms with van der Waals surface area (Å²) in [5.41, 5.74) is 2.05. The van der Waals surface area contributed by atoms with E-state index in [1.54, 1.807) is 6.20 Å².